The summed E-state index contributed by atoms with van der Waals surface area (Å²) in [5.41, 5.74) is 1.90. The van der Waals surface area contributed by atoms with Gasteiger partial charge in [-0.05, 0) is 37.3 Å². The Balaban J connectivity index is 1.41. The highest BCUT2D eigenvalue weighted by Crippen LogP contribution is 2.35. The maximum atomic E-state index is 12.9. The zero-order valence-corrected chi connectivity index (χ0v) is 20.1. The topological polar surface area (TPSA) is 84.0 Å². The Labute approximate surface area is 200 Å². The van der Waals surface area contributed by atoms with Crippen LogP contribution in [0.5, 0.6) is 0 Å². The maximum absolute atomic E-state index is 12.9. The van der Waals surface area contributed by atoms with Gasteiger partial charge in [0.05, 0.1) is 21.2 Å². The summed E-state index contributed by atoms with van der Waals surface area (Å²) in [6.07, 6.45) is 9.09. The summed E-state index contributed by atoms with van der Waals surface area (Å²) in [4.78, 5) is 35.4. The van der Waals surface area contributed by atoms with E-state index in [4.69, 9.17) is 0 Å². The van der Waals surface area contributed by atoms with Crippen molar-refractivity contribution in [1.29, 1.82) is 0 Å². The van der Waals surface area contributed by atoms with E-state index in [0.29, 0.717) is 16.4 Å². The Bertz CT molecular complexity index is 1080. The molecule has 9 heteroatoms. The number of nitrogens with one attached hydrogen (secondary N) is 2. The first-order valence-corrected chi connectivity index (χ1v) is 13.4. The summed E-state index contributed by atoms with van der Waals surface area (Å²) in [7, 11) is 0. The molecule has 2 N–H and O–H groups in total. The second kappa shape index (κ2) is 11.0. The molecule has 4 rings (SSSR count). The van der Waals surface area contributed by atoms with Crippen LogP contribution < -0.4 is 10.6 Å². The number of pyridine rings is 1. The number of carbonyl (C=O) groups is 2. The van der Waals surface area contributed by atoms with Crippen molar-refractivity contribution < 1.29 is 9.59 Å². The van der Waals surface area contributed by atoms with Gasteiger partial charge in [-0.25, -0.2) is 9.78 Å². The third-order valence-corrected chi connectivity index (χ3v) is 8.43. The summed E-state index contributed by atoms with van der Waals surface area (Å²) in [5.74, 6) is 0.810. The molecule has 0 atom stereocenters. The zero-order valence-electron chi connectivity index (χ0n) is 17.7. The average molecular weight is 485 g/mol. The third-order valence-electron chi connectivity index (χ3n) is 5.25. The number of hydrogen-bond acceptors (Lipinski definition) is 7. The molecule has 2 aromatic heterocycles. The van der Waals surface area contributed by atoms with E-state index in [2.05, 4.69) is 32.7 Å². The molecular formula is C23H24N4O2S3. The number of Topliss-reactive ketones (excluding diaryl/α,β-unsaturated/α-hetero) is 1. The molecule has 1 aromatic carbocycles. The molecular weight excluding hydrogens is 460 g/mol. The lowest BCUT2D eigenvalue weighted by atomic mass is 9.96. The number of benzene rings is 1. The van der Waals surface area contributed by atoms with Crippen LogP contribution in [-0.4, -0.2) is 28.0 Å². The van der Waals surface area contributed by atoms with Crippen molar-refractivity contribution in [3.8, 4) is 0 Å². The number of hydrogen-bond donors (Lipinski definition) is 2. The Morgan fingerprint density at radius 2 is 1.91 bits per heavy atom. The van der Waals surface area contributed by atoms with E-state index in [0.717, 1.165) is 41.3 Å². The lowest BCUT2D eigenvalue weighted by Gasteiger charge is -2.13. The third kappa shape index (κ3) is 5.70. The number of nitrogens with zero attached hydrogens (tertiary/aromatic N) is 2. The van der Waals surface area contributed by atoms with Gasteiger partial charge in [-0.15, -0.1) is 23.5 Å². The normalized spacial score (nSPS) is 13.8. The molecule has 1 fully saturated rings. The molecule has 1 aliphatic rings. The molecule has 1 aliphatic carbocycles. The first-order valence-electron chi connectivity index (χ1n) is 10.4. The van der Waals surface area contributed by atoms with Crippen molar-refractivity contribution in [2.24, 2.45) is 5.92 Å². The standard InChI is InChI=1S/C23H24N4O2S3/c1-30-21-19(14-31-16-9-3-2-4-10-16)26-23(32-21)27-22(29)25-18-11-12-24-13-17(18)20(28)15-7-5-6-8-15/h2-4,9-13,15H,5-8,14H2,1H3,(H2,24,25,26,27,29). The molecule has 0 saturated heterocycles. The molecule has 2 heterocycles. The lowest BCUT2D eigenvalue weighted by Crippen LogP contribution is -2.22. The predicted molar refractivity (Wildman–Crippen MR) is 133 cm³/mol. The number of thioether (sulfide) groups is 2. The fourth-order valence-corrected chi connectivity index (χ4v) is 6.35. The van der Waals surface area contributed by atoms with Crippen LogP contribution in [0.2, 0.25) is 0 Å². The summed E-state index contributed by atoms with van der Waals surface area (Å²) in [6, 6.07) is 11.4. The van der Waals surface area contributed by atoms with Crippen LogP contribution in [0.25, 0.3) is 0 Å². The van der Waals surface area contributed by atoms with Gasteiger partial charge < -0.3 is 5.32 Å². The fraction of sp³-hybridized carbons (Fsp3) is 0.304. The van der Waals surface area contributed by atoms with Gasteiger partial charge in [-0.2, -0.15) is 0 Å². The van der Waals surface area contributed by atoms with Crippen LogP contribution in [-0.2, 0) is 5.75 Å². The molecule has 1 saturated carbocycles. The van der Waals surface area contributed by atoms with Gasteiger partial charge in [0.1, 0.15) is 0 Å². The second-order valence-electron chi connectivity index (χ2n) is 7.41. The maximum Gasteiger partial charge on any atom is 0.325 e. The summed E-state index contributed by atoms with van der Waals surface area (Å²) < 4.78 is 1.07. The number of carbonyl (C=O) groups excluding carboxylic acids is 2. The molecule has 2 amide bonds. The molecule has 0 aliphatic heterocycles. The van der Waals surface area contributed by atoms with Gasteiger partial charge in [0, 0.05) is 29.0 Å². The van der Waals surface area contributed by atoms with E-state index in [1.54, 1.807) is 42.0 Å². The summed E-state index contributed by atoms with van der Waals surface area (Å²) in [6.45, 7) is 0. The number of urea groups is 1. The second-order valence-corrected chi connectivity index (χ2v) is 10.5. The van der Waals surface area contributed by atoms with E-state index < -0.39 is 6.03 Å². The van der Waals surface area contributed by atoms with Gasteiger partial charge >= 0.3 is 6.03 Å². The quantitative estimate of drug-likeness (QED) is 0.278. The van der Waals surface area contributed by atoms with Crippen molar-refractivity contribution in [3.05, 3.63) is 60.0 Å². The molecule has 32 heavy (non-hydrogen) atoms. The number of ketones is 1. The predicted octanol–water partition coefficient (Wildman–Crippen LogP) is 6.57. The number of rotatable bonds is 8. The Morgan fingerprint density at radius 1 is 1.12 bits per heavy atom. The van der Waals surface area contributed by atoms with Crippen LogP contribution in [0, 0.1) is 5.92 Å². The SMILES string of the molecule is CSc1sc(NC(=O)Nc2ccncc2C(=O)C2CCCC2)nc1CSc1ccccc1. The highest BCUT2D eigenvalue weighted by atomic mass is 32.2. The monoisotopic (exact) mass is 484 g/mol. The molecule has 3 aromatic rings. The van der Waals surface area contributed by atoms with Crippen molar-refractivity contribution in [2.45, 2.75) is 40.5 Å². The van der Waals surface area contributed by atoms with E-state index in [9.17, 15) is 9.59 Å². The van der Waals surface area contributed by atoms with E-state index in [1.807, 2.05) is 24.5 Å². The van der Waals surface area contributed by atoms with Gasteiger partial charge in [0.15, 0.2) is 10.9 Å². The fourth-order valence-electron chi connectivity index (χ4n) is 3.67. The molecule has 166 valence electrons. The van der Waals surface area contributed by atoms with E-state index >= 15 is 0 Å². The average Bonchev–Trinajstić information content (AvgIpc) is 3.48. The molecule has 0 unspecified atom stereocenters. The first kappa shape index (κ1) is 22.8. The number of thiazole rings is 1. The highest BCUT2D eigenvalue weighted by molar-refractivity contribution is 8.01. The molecule has 6 nitrogen and oxygen atoms in total. The molecule has 0 bridgehead atoms. The van der Waals surface area contributed by atoms with Gasteiger partial charge in [-0.3, -0.25) is 15.1 Å². The smallest absolute Gasteiger partial charge is 0.307 e. The Morgan fingerprint density at radius 3 is 2.66 bits per heavy atom. The number of amides is 2. The van der Waals surface area contributed by atoms with Crippen molar-refractivity contribution >= 4 is 57.5 Å². The van der Waals surface area contributed by atoms with Gasteiger partial charge in [0.25, 0.3) is 0 Å². The minimum absolute atomic E-state index is 0.0237. The van der Waals surface area contributed by atoms with Crippen molar-refractivity contribution in [3.63, 3.8) is 0 Å². The van der Waals surface area contributed by atoms with Crippen molar-refractivity contribution in [2.75, 3.05) is 16.9 Å². The van der Waals surface area contributed by atoms with Crippen molar-refractivity contribution in [1.82, 2.24) is 9.97 Å². The van der Waals surface area contributed by atoms with Crippen LogP contribution in [0.4, 0.5) is 15.6 Å². The largest absolute Gasteiger partial charge is 0.325 e. The van der Waals surface area contributed by atoms with Crippen LogP contribution >= 0.6 is 34.9 Å². The minimum atomic E-state index is -0.416. The summed E-state index contributed by atoms with van der Waals surface area (Å²) in [5, 5.41) is 6.17. The lowest BCUT2D eigenvalue weighted by molar-refractivity contribution is 0.0923. The molecule has 0 radical (unpaired) electrons. The summed E-state index contributed by atoms with van der Waals surface area (Å²) >= 11 is 4.79. The van der Waals surface area contributed by atoms with Gasteiger partial charge in [0.2, 0.25) is 0 Å². The van der Waals surface area contributed by atoms with Crippen LogP contribution in [0.15, 0.2) is 57.9 Å². The molecule has 0 spiro atoms. The van der Waals surface area contributed by atoms with Crippen LogP contribution in [0.1, 0.15) is 41.7 Å². The number of anilines is 2. The Kier molecular flexibility index (Phi) is 7.83. The van der Waals surface area contributed by atoms with E-state index in [1.165, 1.54) is 16.2 Å². The van der Waals surface area contributed by atoms with E-state index in [-0.39, 0.29) is 11.7 Å². The zero-order chi connectivity index (χ0) is 22.3. The Hall–Kier alpha value is -2.36. The van der Waals surface area contributed by atoms with Crippen LogP contribution in [0.3, 0.4) is 0 Å². The first-order chi connectivity index (χ1) is 15.6. The minimum Gasteiger partial charge on any atom is -0.307 e. The highest BCUT2D eigenvalue weighted by Gasteiger charge is 2.26. The number of aromatic nitrogens is 2. The van der Waals surface area contributed by atoms with Gasteiger partial charge in [-0.1, -0.05) is 42.4 Å².